The van der Waals surface area contributed by atoms with E-state index >= 15 is 0 Å². The quantitative estimate of drug-likeness (QED) is 0.758. The van der Waals surface area contributed by atoms with Crippen LogP contribution in [0.2, 0.25) is 0 Å². The SMILES string of the molecule is CCOC(CSc1cccc(OC)c1)C(=O)O. The van der Waals surface area contributed by atoms with Gasteiger partial charge in [0.15, 0.2) is 6.10 Å². The minimum atomic E-state index is -0.928. The lowest BCUT2D eigenvalue weighted by Gasteiger charge is -2.12. The van der Waals surface area contributed by atoms with Crippen molar-refractivity contribution in [3.05, 3.63) is 24.3 Å². The molecule has 17 heavy (non-hydrogen) atoms. The lowest BCUT2D eigenvalue weighted by molar-refractivity contribution is -0.148. The molecule has 1 aromatic rings. The molecule has 0 bridgehead atoms. The first kappa shape index (κ1) is 13.9. The molecule has 0 aliphatic heterocycles. The summed E-state index contributed by atoms with van der Waals surface area (Å²) in [6.07, 6.45) is -0.767. The monoisotopic (exact) mass is 256 g/mol. The lowest BCUT2D eigenvalue weighted by Crippen LogP contribution is -2.26. The van der Waals surface area contributed by atoms with E-state index in [0.29, 0.717) is 12.4 Å². The summed E-state index contributed by atoms with van der Waals surface area (Å²) < 4.78 is 10.2. The molecule has 94 valence electrons. The Hall–Kier alpha value is -1.20. The number of carbonyl (C=O) groups is 1. The average Bonchev–Trinajstić information content (AvgIpc) is 2.34. The van der Waals surface area contributed by atoms with Crippen molar-refractivity contribution < 1.29 is 19.4 Å². The first-order valence-corrected chi connectivity index (χ1v) is 6.27. The molecular formula is C12H16O4S. The number of methoxy groups -OCH3 is 1. The highest BCUT2D eigenvalue weighted by Gasteiger charge is 2.17. The van der Waals surface area contributed by atoms with Gasteiger partial charge in [-0.25, -0.2) is 4.79 Å². The van der Waals surface area contributed by atoms with Crippen LogP contribution in [0.25, 0.3) is 0 Å². The molecule has 5 heteroatoms. The molecule has 1 atom stereocenters. The lowest BCUT2D eigenvalue weighted by atomic mass is 10.3. The minimum Gasteiger partial charge on any atom is -0.497 e. The average molecular weight is 256 g/mol. The van der Waals surface area contributed by atoms with Crippen molar-refractivity contribution in [1.29, 1.82) is 0 Å². The first-order valence-electron chi connectivity index (χ1n) is 5.28. The zero-order valence-electron chi connectivity index (χ0n) is 9.88. The summed E-state index contributed by atoms with van der Waals surface area (Å²) in [6, 6.07) is 7.51. The smallest absolute Gasteiger partial charge is 0.333 e. The number of hydrogen-bond acceptors (Lipinski definition) is 4. The highest BCUT2D eigenvalue weighted by Crippen LogP contribution is 2.23. The molecule has 0 fully saturated rings. The van der Waals surface area contributed by atoms with E-state index in [-0.39, 0.29) is 0 Å². The van der Waals surface area contributed by atoms with Gasteiger partial charge in [0, 0.05) is 17.3 Å². The standard InChI is InChI=1S/C12H16O4S/c1-3-16-11(12(13)14)8-17-10-6-4-5-9(7-10)15-2/h4-7,11H,3,8H2,1-2H3,(H,13,14). The van der Waals surface area contributed by atoms with E-state index < -0.39 is 12.1 Å². The molecule has 0 amide bonds. The Morgan fingerprint density at radius 2 is 2.29 bits per heavy atom. The van der Waals surface area contributed by atoms with Crippen LogP contribution in [-0.4, -0.2) is 36.6 Å². The highest BCUT2D eigenvalue weighted by atomic mass is 32.2. The number of hydrogen-bond donors (Lipinski definition) is 1. The Morgan fingerprint density at radius 3 is 2.88 bits per heavy atom. The third-order valence-electron chi connectivity index (χ3n) is 2.09. The summed E-state index contributed by atoms with van der Waals surface area (Å²) in [6.45, 7) is 2.18. The van der Waals surface area contributed by atoms with Crippen LogP contribution in [0.3, 0.4) is 0 Å². The van der Waals surface area contributed by atoms with E-state index in [0.717, 1.165) is 10.6 Å². The molecule has 0 aliphatic carbocycles. The number of carboxylic acid groups (broad SMARTS) is 1. The summed E-state index contributed by atoms with van der Waals surface area (Å²) in [5.41, 5.74) is 0. The van der Waals surface area contributed by atoms with Crippen LogP contribution in [0.15, 0.2) is 29.2 Å². The molecule has 1 N–H and O–H groups in total. The fourth-order valence-electron chi connectivity index (χ4n) is 1.25. The molecule has 1 rings (SSSR count). The van der Waals surface area contributed by atoms with Gasteiger partial charge in [0.25, 0.3) is 0 Å². The van der Waals surface area contributed by atoms with Gasteiger partial charge in [-0.05, 0) is 25.1 Å². The summed E-state index contributed by atoms with van der Waals surface area (Å²) in [4.78, 5) is 11.8. The van der Waals surface area contributed by atoms with Gasteiger partial charge in [0.1, 0.15) is 5.75 Å². The summed E-state index contributed by atoms with van der Waals surface area (Å²) >= 11 is 1.44. The third-order valence-corrected chi connectivity index (χ3v) is 3.14. The van der Waals surface area contributed by atoms with Crippen molar-refractivity contribution in [2.24, 2.45) is 0 Å². The van der Waals surface area contributed by atoms with E-state index in [2.05, 4.69) is 0 Å². The predicted octanol–water partition coefficient (Wildman–Crippen LogP) is 2.28. The Balaban J connectivity index is 2.55. The van der Waals surface area contributed by atoms with Crippen LogP contribution in [-0.2, 0) is 9.53 Å². The fourth-order valence-corrected chi connectivity index (χ4v) is 2.21. The number of rotatable bonds is 7. The van der Waals surface area contributed by atoms with Crippen molar-refractivity contribution in [3.8, 4) is 5.75 Å². The van der Waals surface area contributed by atoms with E-state index in [4.69, 9.17) is 14.6 Å². The molecule has 4 nitrogen and oxygen atoms in total. The second-order valence-corrected chi connectivity index (χ2v) is 4.37. The van der Waals surface area contributed by atoms with Crippen molar-refractivity contribution in [3.63, 3.8) is 0 Å². The molecule has 0 spiro atoms. The van der Waals surface area contributed by atoms with Crippen molar-refractivity contribution in [1.82, 2.24) is 0 Å². The zero-order chi connectivity index (χ0) is 12.7. The van der Waals surface area contributed by atoms with E-state index in [1.165, 1.54) is 11.8 Å². The summed E-state index contributed by atoms with van der Waals surface area (Å²) in [5, 5.41) is 8.92. The normalized spacial score (nSPS) is 12.1. The van der Waals surface area contributed by atoms with Crippen LogP contribution in [0.5, 0.6) is 5.75 Å². The maximum Gasteiger partial charge on any atom is 0.333 e. The predicted molar refractivity (Wildman–Crippen MR) is 66.8 cm³/mol. The zero-order valence-corrected chi connectivity index (χ0v) is 10.7. The van der Waals surface area contributed by atoms with Gasteiger partial charge in [-0.1, -0.05) is 6.07 Å². The maximum atomic E-state index is 10.9. The molecule has 0 saturated carbocycles. The second kappa shape index (κ2) is 7.19. The van der Waals surface area contributed by atoms with Crippen molar-refractivity contribution in [2.45, 2.75) is 17.9 Å². The molecule has 0 radical (unpaired) electrons. The third kappa shape index (κ3) is 4.66. The Labute approximate surface area is 105 Å². The number of ether oxygens (including phenoxy) is 2. The van der Waals surface area contributed by atoms with E-state index in [9.17, 15) is 4.79 Å². The minimum absolute atomic E-state index is 0.385. The van der Waals surface area contributed by atoms with Gasteiger partial charge < -0.3 is 14.6 Å². The van der Waals surface area contributed by atoms with Gasteiger partial charge in [0.05, 0.1) is 7.11 Å². The molecule has 0 heterocycles. The van der Waals surface area contributed by atoms with Crippen molar-refractivity contribution in [2.75, 3.05) is 19.5 Å². The highest BCUT2D eigenvalue weighted by molar-refractivity contribution is 7.99. The van der Waals surface area contributed by atoms with Crippen LogP contribution in [0.4, 0.5) is 0 Å². The molecule has 1 unspecified atom stereocenters. The van der Waals surface area contributed by atoms with Gasteiger partial charge >= 0.3 is 5.97 Å². The molecule has 0 aliphatic rings. The van der Waals surface area contributed by atoms with Gasteiger partial charge in [-0.3, -0.25) is 0 Å². The van der Waals surface area contributed by atoms with Crippen LogP contribution >= 0.6 is 11.8 Å². The summed E-state index contributed by atoms with van der Waals surface area (Å²) in [5.74, 6) is 0.219. The number of benzene rings is 1. The van der Waals surface area contributed by atoms with Crippen molar-refractivity contribution >= 4 is 17.7 Å². The summed E-state index contributed by atoms with van der Waals surface area (Å²) in [7, 11) is 1.60. The molecule has 0 aromatic heterocycles. The van der Waals surface area contributed by atoms with Crippen LogP contribution in [0.1, 0.15) is 6.92 Å². The topological polar surface area (TPSA) is 55.8 Å². The van der Waals surface area contributed by atoms with Crippen LogP contribution < -0.4 is 4.74 Å². The Bertz CT molecular complexity index is 367. The van der Waals surface area contributed by atoms with Gasteiger partial charge in [-0.15, -0.1) is 11.8 Å². The maximum absolute atomic E-state index is 10.9. The Kier molecular flexibility index (Phi) is 5.86. The van der Waals surface area contributed by atoms with Gasteiger partial charge in [-0.2, -0.15) is 0 Å². The second-order valence-electron chi connectivity index (χ2n) is 3.27. The fraction of sp³-hybridized carbons (Fsp3) is 0.417. The number of aliphatic carboxylic acids is 1. The molecular weight excluding hydrogens is 240 g/mol. The van der Waals surface area contributed by atoms with Crippen LogP contribution in [0, 0.1) is 0 Å². The number of thioether (sulfide) groups is 1. The molecule has 1 aromatic carbocycles. The first-order chi connectivity index (χ1) is 8.17. The number of carboxylic acids is 1. The van der Waals surface area contributed by atoms with Gasteiger partial charge in [0.2, 0.25) is 0 Å². The molecule has 0 saturated heterocycles. The largest absolute Gasteiger partial charge is 0.497 e. The Morgan fingerprint density at radius 1 is 1.53 bits per heavy atom. The van der Waals surface area contributed by atoms with E-state index in [1.54, 1.807) is 14.0 Å². The van der Waals surface area contributed by atoms with E-state index in [1.807, 2.05) is 24.3 Å².